The number of ether oxygens (including phenoxy) is 1. The van der Waals surface area contributed by atoms with E-state index in [4.69, 9.17) is 14.7 Å². The summed E-state index contributed by atoms with van der Waals surface area (Å²) in [5.74, 6) is -0.613. The number of aromatic nitrogens is 3. The molecule has 0 unspecified atom stereocenters. The van der Waals surface area contributed by atoms with Gasteiger partial charge in [0.15, 0.2) is 0 Å². The molecule has 228 valence electrons. The Labute approximate surface area is 259 Å². The van der Waals surface area contributed by atoms with E-state index in [0.29, 0.717) is 48.7 Å². The van der Waals surface area contributed by atoms with Crippen LogP contribution in [0.2, 0.25) is 0 Å². The lowest BCUT2D eigenvalue weighted by molar-refractivity contribution is 0.0240. The van der Waals surface area contributed by atoms with Gasteiger partial charge in [-0.15, -0.1) is 11.3 Å². The van der Waals surface area contributed by atoms with E-state index < -0.39 is 5.60 Å². The molecule has 0 N–H and O–H groups in total. The van der Waals surface area contributed by atoms with Crippen LogP contribution in [0.1, 0.15) is 39.0 Å². The Balaban J connectivity index is 1.30. The van der Waals surface area contributed by atoms with Gasteiger partial charge in [0.05, 0.1) is 22.8 Å². The van der Waals surface area contributed by atoms with Gasteiger partial charge in [-0.3, -0.25) is 4.40 Å². The second kappa shape index (κ2) is 11.6. The lowest BCUT2D eigenvalue weighted by Crippen LogP contribution is -2.50. The molecule has 7 nitrogen and oxygen atoms in total. The van der Waals surface area contributed by atoms with E-state index >= 15 is 4.39 Å². The molecule has 1 aliphatic heterocycles. The molecule has 5 aromatic rings. The van der Waals surface area contributed by atoms with Crippen molar-refractivity contribution < 1.29 is 18.3 Å². The summed E-state index contributed by atoms with van der Waals surface area (Å²) < 4.78 is 37.2. The van der Waals surface area contributed by atoms with Gasteiger partial charge in [-0.1, -0.05) is 13.0 Å². The number of aryl methyl sites for hydroxylation is 1. The first kappa shape index (κ1) is 29.7. The van der Waals surface area contributed by atoms with Crippen molar-refractivity contribution in [2.75, 3.05) is 31.1 Å². The molecule has 0 bridgehead atoms. The van der Waals surface area contributed by atoms with Crippen molar-refractivity contribution in [3.8, 4) is 33.1 Å². The van der Waals surface area contributed by atoms with Crippen molar-refractivity contribution >= 4 is 28.8 Å². The molecule has 1 amide bonds. The number of nitrogens with zero attached hydrogens (tertiary/aromatic N) is 5. The van der Waals surface area contributed by atoms with Gasteiger partial charge in [-0.25, -0.2) is 23.5 Å². The molecule has 1 saturated heterocycles. The van der Waals surface area contributed by atoms with Gasteiger partial charge in [-0.2, -0.15) is 0 Å². The molecule has 0 aliphatic carbocycles. The number of amides is 1. The topological polar surface area (TPSA) is 63.0 Å². The van der Waals surface area contributed by atoms with E-state index in [1.54, 1.807) is 24.0 Å². The summed E-state index contributed by atoms with van der Waals surface area (Å²) in [5, 5.41) is 2.61. The summed E-state index contributed by atoms with van der Waals surface area (Å²) in [6.07, 6.45) is 2.36. The predicted octanol–water partition coefficient (Wildman–Crippen LogP) is 8.00. The Morgan fingerprint density at radius 3 is 2.34 bits per heavy atom. The minimum atomic E-state index is -0.535. The number of thiazole rings is 1. The van der Waals surface area contributed by atoms with Gasteiger partial charge in [0.25, 0.3) is 0 Å². The van der Waals surface area contributed by atoms with Crippen LogP contribution >= 0.6 is 11.3 Å². The standard InChI is InChI=1S/C34H35F2N5O2S/c1-6-27-31(26-13-12-25(21(2)30(26)36)32-38-28(20-44-32)22-7-9-23(35)10-8-22)41-19-24(11-14-29(41)37-27)39-15-17-40(18-16-39)33(42)43-34(3,4)5/h7-14,19-20H,6,15-18H2,1-5H3. The van der Waals surface area contributed by atoms with E-state index in [9.17, 15) is 9.18 Å². The van der Waals surface area contributed by atoms with Gasteiger partial charge < -0.3 is 14.5 Å². The Bertz CT molecular complexity index is 1830. The fourth-order valence-electron chi connectivity index (χ4n) is 5.52. The van der Waals surface area contributed by atoms with E-state index in [0.717, 1.165) is 39.5 Å². The highest BCUT2D eigenvalue weighted by Gasteiger charge is 2.27. The van der Waals surface area contributed by atoms with Gasteiger partial charge in [0, 0.05) is 54.4 Å². The van der Waals surface area contributed by atoms with Crippen LogP contribution in [0.4, 0.5) is 19.3 Å². The van der Waals surface area contributed by atoms with Crippen LogP contribution in [-0.4, -0.2) is 57.1 Å². The molecule has 0 atom stereocenters. The maximum Gasteiger partial charge on any atom is 0.410 e. The van der Waals surface area contributed by atoms with E-state index in [-0.39, 0.29) is 17.7 Å². The van der Waals surface area contributed by atoms with E-state index in [2.05, 4.69) is 4.90 Å². The van der Waals surface area contributed by atoms with Crippen LogP contribution in [0.3, 0.4) is 0 Å². The van der Waals surface area contributed by atoms with Crippen molar-refractivity contribution in [2.24, 2.45) is 0 Å². The van der Waals surface area contributed by atoms with E-state index in [1.165, 1.54) is 23.5 Å². The Hall–Kier alpha value is -4.31. The summed E-state index contributed by atoms with van der Waals surface area (Å²) in [6.45, 7) is 11.8. The molecule has 0 spiro atoms. The zero-order chi connectivity index (χ0) is 31.2. The minimum absolute atomic E-state index is 0.296. The molecule has 0 saturated carbocycles. The molecule has 0 radical (unpaired) electrons. The number of fused-ring (bicyclic) bond motifs is 1. The van der Waals surface area contributed by atoms with Crippen LogP contribution in [0.15, 0.2) is 60.1 Å². The third-order valence-corrected chi connectivity index (χ3v) is 8.70. The number of hydrogen-bond acceptors (Lipinski definition) is 6. The fraction of sp³-hybridized carbons (Fsp3) is 0.324. The molecule has 2 aromatic carbocycles. The largest absolute Gasteiger partial charge is 0.444 e. The highest BCUT2D eigenvalue weighted by molar-refractivity contribution is 7.13. The van der Waals surface area contributed by atoms with Crippen LogP contribution in [0.25, 0.3) is 38.7 Å². The lowest BCUT2D eigenvalue weighted by Gasteiger charge is -2.36. The Morgan fingerprint density at radius 2 is 1.66 bits per heavy atom. The smallest absolute Gasteiger partial charge is 0.410 e. The average molecular weight is 616 g/mol. The van der Waals surface area contributed by atoms with E-state index in [1.807, 2.05) is 67.9 Å². The molecule has 3 aromatic heterocycles. The first-order valence-electron chi connectivity index (χ1n) is 14.8. The molecule has 6 rings (SSSR count). The highest BCUT2D eigenvalue weighted by Crippen LogP contribution is 2.37. The van der Waals surface area contributed by atoms with Crippen molar-refractivity contribution in [1.82, 2.24) is 19.3 Å². The number of carbonyl (C=O) groups excluding carboxylic acids is 1. The van der Waals surface area contributed by atoms with Crippen molar-refractivity contribution in [1.29, 1.82) is 0 Å². The molecule has 4 heterocycles. The number of halogens is 2. The zero-order valence-electron chi connectivity index (χ0n) is 25.5. The number of imidazole rings is 1. The number of benzene rings is 2. The quantitative estimate of drug-likeness (QED) is 0.201. The lowest BCUT2D eigenvalue weighted by atomic mass is 10.0. The maximum atomic E-state index is 16.3. The molecule has 10 heteroatoms. The summed E-state index contributed by atoms with van der Waals surface area (Å²) >= 11 is 1.43. The Kier molecular flexibility index (Phi) is 7.88. The molecule has 44 heavy (non-hydrogen) atoms. The molecular weight excluding hydrogens is 580 g/mol. The average Bonchev–Trinajstić information content (AvgIpc) is 3.63. The minimum Gasteiger partial charge on any atom is -0.444 e. The zero-order valence-corrected chi connectivity index (χ0v) is 26.3. The number of piperazine rings is 1. The first-order valence-corrected chi connectivity index (χ1v) is 15.7. The van der Waals surface area contributed by atoms with Crippen molar-refractivity contribution in [3.63, 3.8) is 0 Å². The number of anilines is 1. The monoisotopic (exact) mass is 615 g/mol. The number of rotatable bonds is 5. The third kappa shape index (κ3) is 5.78. The summed E-state index contributed by atoms with van der Waals surface area (Å²) in [6, 6.07) is 13.9. The normalized spacial score (nSPS) is 14.0. The molecular formula is C34H35F2N5O2S. The van der Waals surface area contributed by atoms with Crippen molar-refractivity contribution in [2.45, 2.75) is 46.6 Å². The maximum absolute atomic E-state index is 16.3. The van der Waals surface area contributed by atoms with Crippen LogP contribution in [-0.2, 0) is 11.2 Å². The van der Waals surface area contributed by atoms with Gasteiger partial charge in [-0.05, 0) is 82.1 Å². The third-order valence-electron chi connectivity index (χ3n) is 7.82. The number of carbonyl (C=O) groups is 1. The van der Waals surface area contributed by atoms with Crippen molar-refractivity contribution in [3.05, 3.63) is 83.0 Å². The summed E-state index contributed by atoms with van der Waals surface area (Å²) in [5.41, 5.74) is 5.99. The molecule has 1 aliphatic rings. The van der Waals surface area contributed by atoms with Crippen LogP contribution in [0.5, 0.6) is 0 Å². The van der Waals surface area contributed by atoms with Crippen LogP contribution in [0, 0.1) is 18.6 Å². The Morgan fingerprint density at radius 1 is 0.955 bits per heavy atom. The predicted molar refractivity (Wildman–Crippen MR) is 171 cm³/mol. The number of hydrogen-bond donors (Lipinski definition) is 0. The SMILES string of the molecule is CCc1nc2ccc(N3CCN(C(=O)OC(C)(C)C)CC3)cn2c1-c1ccc(-c2nc(-c3ccc(F)cc3)cs2)c(C)c1F. The van der Waals surface area contributed by atoms with Gasteiger partial charge >= 0.3 is 6.09 Å². The van der Waals surface area contributed by atoms with Gasteiger partial charge in [0.1, 0.15) is 27.9 Å². The summed E-state index contributed by atoms with van der Waals surface area (Å²) in [7, 11) is 0. The first-order chi connectivity index (χ1) is 21.0. The highest BCUT2D eigenvalue weighted by atomic mass is 32.1. The number of pyridine rings is 1. The summed E-state index contributed by atoms with van der Waals surface area (Å²) in [4.78, 5) is 26.1. The second-order valence-corrected chi connectivity index (χ2v) is 12.8. The fourth-order valence-corrected chi connectivity index (χ4v) is 6.44. The molecule has 1 fully saturated rings. The van der Waals surface area contributed by atoms with Gasteiger partial charge in [0.2, 0.25) is 0 Å². The second-order valence-electron chi connectivity index (χ2n) is 12.0. The van der Waals surface area contributed by atoms with Crippen LogP contribution < -0.4 is 4.90 Å².